The van der Waals surface area contributed by atoms with Crippen molar-refractivity contribution in [1.29, 1.82) is 0 Å². The molecule has 2 aliphatic heterocycles. The molecule has 0 radical (unpaired) electrons. The van der Waals surface area contributed by atoms with Gasteiger partial charge < -0.3 is 29.9 Å². The third-order valence-corrected chi connectivity index (χ3v) is 7.91. The summed E-state index contributed by atoms with van der Waals surface area (Å²) in [5.41, 5.74) is -0.507. The molecule has 2 aliphatic rings. The van der Waals surface area contributed by atoms with Crippen molar-refractivity contribution >= 4 is 5.91 Å². The summed E-state index contributed by atoms with van der Waals surface area (Å²) in [5.74, 6) is 0.669. The summed E-state index contributed by atoms with van der Waals surface area (Å²) in [5, 5.41) is 25.8. The second kappa shape index (κ2) is 11.3. The highest BCUT2D eigenvalue weighted by atomic mass is 16.6. The van der Waals surface area contributed by atoms with E-state index >= 15 is 0 Å². The molecule has 7 heteroatoms. The molecule has 2 fully saturated rings. The van der Waals surface area contributed by atoms with E-state index in [2.05, 4.69) is 17.4 Å². The molecule has 0 saturated carbocycles. The van der Waals surface area contributed by atoms with Crippen LogP contribution in [0.4, 0.5) is 0 Å². The Morgan fingerprint density at radius 2 is 1.81 bits per heavy atom. The van der Waals surface area contributed by atoms with Gasteiger partial charge in [-0.05, 0) is 70.3 Å². The topological polar surface area (TPSA) is 91.3 Å². The molecule has 2 saturated heterocycles. The van der Waals surface area contributed by atoms with Crippen LogP contribution in [-0.4, -0.2) is 77.7 Å². The lowest BCUT2D eigenvalue weighted by atomic mass is 9.72. The van der Waals surface area contributed by atoms with Crippen molar-refractivity contribution in [2.75, 3.05) is 27.2 Å². The highest BCUT2D eigenvalue weighted by molar-refractivity contribution is 5.76. The quantitative estimate of drug-likeness (QED) is 0.494. The Bertz CT molecular complexity index is 988. The van der Waals surface area contributed by atoms with Gasteiger partial charge in [0.25, 0.3) is 0 Å². The normalized spacial score (nSPS) is 30.9. The lowest BCUT2D eigenvalue weighted by Gasteiger charge is -2.52. The number of aliphatic hydroxyl groups excluding tert-OH is 2. The number of benzene rings is 2. The van der Waals surface area contributed by atoms with E-state index in [1.54, 1.807) is 0 Å². The Morgan fingerprint density at radius 3 is 2.47 bits per heavy atom. The molecule has 4 rings (SSSR count). The Kier molecular flexibility index (Phi) is 8.35. The van der Waals surface area contributed by atoms with Gasteiger partial charge in [0.05, 0.1) is 30.3 Å². The predicted octanol–water partition coefficient (Wildman–Crippen LogP) is 3.11. The van der Waals surface area contributed by atoms with Crippen LogP contribution in [0.3, 0.4) is 0 Å². The number of nitrogens with one attached hydrogen (secondary N) is 1. The van der Waals surface area contributed by atoms with Crippen LogP contribution in [0, 0.1) is 0 Å². The lowest BCUT2D eigenvalue weighted by Crippen LogP contribution is -2.61. The number of para-hydroxylation sites is 1. The monoisotopic (exact) mass is 496 g/mol. The van der Waals surface area contributed by atoms with Gasteiger partial charge in [0.15, 0.2) is 0 Å². The highest BCUT2D eigenvalue weighted by Crippen LogP contribution is 2.51. The predicted molar refractivity (Wildman–Crippen MR) is 139 cm³/mol. The molecule has 3 N–H and O–H groups in total. The summed E-state index contributed by atoms with van der Waals surface area (Å²) < 4.78 is 12.3. The Hall–Kier alpha value is -2.45. The van der Waals surface area contributed by atoms with E-state index in [9.17, 15) is 15.0 Å². The SMILES string of the molecule is CN(C)[C@@H]1CC[C@@]2([C@@H](O)CNC(=O)CCOc3ccccc3)C[C@H](c3ccccc3)C[C@](C)(O2)[C@H]1O. The fraction of sp³-hybridized carbons (Fsp3) is 0.552. The number of hydrogen-bond donors (Lipinski definition) is 3. The number of carbonyl (C=O) groups excluding carboxylic acids is 1. The van der Waals surface area contributed by atoms with Crippen LogP contribution in [-0.2, 0) is 9.53 Å². The van der Waals surface area contributed by atoms with Crippen molar-refractivity contribution in [1.82, 2.24) is 10.2 Å². The molecule has 6 atom stereocenters. The average Bonchev–Trinajstić information content (AvgIpc) is 2.95. The molecule has 0 aromatic heterocycles. The van der Waals surface area contributed by atoms with Crippen LogP contribution in [0.25, 0.3) is 0 Å². The van der Waals surface area contributed by atoms with E-state index in [1.165, 1.54) is 5.56 Å². The smallest absolute Gasteiger partial charge is 0.223 e. The molecule has 2 aromatic carbocycles. The van der Waals surface area contributed by atoms with E-state index in [4.69, 9.17) is 9.47 Å². The largest absolute Gasteiger partial charge is 0.493 e. The molecule has 36 heavy (non-hydrogen) atoms. The fourth-order valence-electron chi connectivity index (χ4n) is 5.95. The van der Waals surface area contributed by atoms with Crippen molar-refractivity contribution in [2.24, 2.45) is 0 Å². The Labute approximate surface area is 214 Å². The van der Waals surface area contributed by atoms with Gasteiger partial charge in [-0.3, -0.25) is 4.79 Å². The van der Waals surface area contributed by atoms with Gasteiger partial charge in [-0.25, -0.2) is 0 Å². The maximum absolute atomic E-state index is 12.5. The van der Waals surface area contributed by atoms with Gasteiger partial charge in [0.1, 0.15) is 11.9 Å². The lowest BCUT2D eigenvalue weighted by molar-refractivity contribution is -0.250. The number of hydrogen-bond acceptors (Lipinski definition) is 6. The standard InChI is InChI=1S/C29H40N2O5/c1-28-18-22(21-10-6-4-7-11-21)19-29(36-28,16-14-24(27(28)34)31(2)3)25(32)20-30-26(33)15-17-35-23-12-8-5-9-13-23/h4-13,22,24-25,27,32,34H,14-20H2,1-3H3,(H,30,33)/t22-,24-,25+,27+,28+,29+/m1/s1. The molecule has 0 aliphatic carbocycles. The van der Waals surface area contributed by atoms with Crippen LogP contribution >= 0.6 is 0 Å². The molecule has 2 bridgehead atoms. The van der Waals surface area contributed by atoms with Gasteiger partial charge >= 0.3 is 0 Å². The van der Waals surface area contributed by atoms with Crippen molar-refractivity contribution in [3.05, 3.63) is 66.2 Å². The maximum Gasteiger partial charge on any atom is 0.223 e. The first-order valence-corrected chi connectivity index (χ1v) is 12.9. The van der Waals surface area contributed by atoms with Gasteiger partial charge in [0, 0.05) is 12.6 Å². The van der Waals surface area contributed by atoms with E-state index in [-0.39, 0.29) is 37.4 Å². The zero-order valence-electron chi connectivity index (χ0n) is 21.6. The number of likely N-dealkylation sites (N-methyl/N-ethyl adjacent to an activating group) is 1. The third kappa shape index (κ3) is 5.92. The average molecular weight is 497 g/mol. The maximum atomic E-state index is 12.5. The van der Waals surface area contributed by atoms with Crippen molar-refractivity contribution in [3.63, 3.8) is 0 Å². The van der Waals surface area contributed by atoms with Gasteiger partial charge in [-0.15, -0.1) is 0 Å². The highest BCUT2D eigenvalue weighted by Gasteiger charge is 2.57. The van der Waals surface area contributed by atoms with Gasteiger partial charge in [-0.1, -0.05) is 48.5 Å². The first-order chi connectivity index (χ1) is 17.2. The first-order valence-electron chi connectivity index (χ1n) is 12.9. The molecule has 7 nitrogen and oxygen atoms in total. The summed E-state index contributed by atoms with van der Waals surface area (Å²) in [4.78, 5) is 14.6. The summed E-state index contributed by atoms with van der Waals surface area (Å²) in [7, 11) is 3.95. The summed E-state index contributed by atoms with van der Waals surface area (Å²) in [6.07, 6.45) is 1.18. The fourth-order valence-corrected chi connectivity index (χ4v) is 5.95. The zero-order valence-corrected chi connectivity index (χ0v) is 21.6. The van der Waals surface area contributed by atoms with Crippen molar-refractivity contribution in [2.45, 2.75) is 74.4 Å². The van der Waals surface area contributed by atoms with E-state index < -0.39 is 23.4 Å². The number of amides is 1. The molecular formula is C29H40N2O5. The minimum atomic E-state index is -0.907. The number of carbonyl (C=O) groups is 1. The van der Waals surface area contributed by atoms with E-state index in [0.717, 1.165) is 5.75 Å². The Morgan fingerprint density at radius 1 is 1.14 bits per heavy atom. The minimum Gasteiger partial charge on any atom is -0.493 e. The van der Waals surface area contributed by atoms with Crippen LogP contribution < -0.4 is 10.1 Å². The number of aliphatic hydroxyl groups is 2. The molecule has 0 unspecified atom stereocenters. The molecule has 1 amide bonds. The van der Waals surface area contributed by atoms with Crippen LogP contribution in [0.15, 0.2) is 60.7 Å². The molecular weight excluding hydrogens is 456 g/mol. The number of rotatable bonds is 9. The molecule has 2 heterocycles. The Balaban J connectivity index is 1.46. The summed E-state index contributed by atoms with van der Waals surface area (Å²) in [6.45, 7) is 2.32. The first kappa shape index (κ1) is 26.6. The molecule has 196 valence electrons. The van der Waals surface area contributed by atoms with Gasteiger partial charge in [-0.2, -0.15) is 0 Å². The molecule has 0 spiro atoms. The van der Waals surface area contributed by atoms with Gasteiger partial charge in [0.2, 0.25) is 5.91 Å². The number of nitrogens with zero attached hydrogens (tertiary/aromatic N) is 1. The second-order valence-electron chi connectivity index (χ2n) is 10.7. The second-order valence-corrected chi connectivity index (χ2v) is 10.7. The number of fused-ring (bicyclic) bond motifs is 2. The summed E-state index contributed by atoms with van der Waals surface area (Å²) >= 11 is 0. The summed E-state index contributed by atoms with van der Waals surface area (Å²) in [6, 6.07) is 19.6. The number of ether oxygens (including phenoxy) is 2. The third-order valence-electron chi connectivity index (χ3n) is 7.91. The van der Waals surface area contributed by atoms with Crippen LogP contribution in [0.5, 0.6) is 5.75 Å². The van der Waals surface area contributed by atoms with Crippen molar-refractivity contribution in [3.8, 4) is 5.75 Å². The van der Waals surface area contributed by atoms with Crippen LogP contribution in [0.2, 0.25) is 0 Å². The minimum absolute atomic E-state index is 0.0803. The van der Waals surface area contributed by atoms with Crippen molar-refractivity contribution < 1.29 is 24.5 Å². The van der Waals surface area contributed by atoms with E-state index in [0.29, 0.717) is 25.7 Å². The van der Waals surface area contributed by atoms with Crippen LogP contribution in [0.1, 0.15) is 50.5 Å². The molecule has 2 aromatic rings. The van der Waals surface area contributed by atoms with E-state index in [1.807, 2.05) is 74.4 Å². The zero-order chi connectivity index (χ0) is 25.8.